The van der Waals surface area contributed by atoms with Crippen LogP contribution in [0.5, 0.6) is 0 Å². The number of hydrogen-bond acceptors (Lipinski definition) is 3. The molecule has 0 aromatic rings. The lowest BCUT2D eigenvalue weighted by Crippen LogP contribution is -2.12. The minimum Gasteiger partial charge on any atom is -0.465 e. The maximum absolute atomic E-state index is 11.2. The number of thiol groups is 1. The fourth-order valence-corrected chi connectivity index (χ4v) is 2.14. The second kappa shape index (κ2) is 11.9. The van der Waals surface area contributed by atoms with Gasteiger partial charge in [0.25, 0.3) is 0 Å². The number of rotatable bonds is 11. The van der Waals surface area contributed by atoms with E-state index < -0.39 is 0 Å². The Morgan fingerprint density at radius 1 is 1.06 bits per heavy atom. The Morgan fingerprint density at radius 2 is 1.67 bits per heavy atom. The molecule has 0 aromatic carbocycles. The van der Waals surface area contributed by atoms with Crippen LogP contribution in [0.1, 0.15) is 72.1 Å². The summed E-state index contributed by atoms with van der Waals surface area (Å²) in [5.74, 6) is -0.0907. The van der Waals surface area contributed by atoms with E-state index in [9.17, 15) is 4.79 Å². The predicted octanol–water partition coefficient (Wildman–Crippen LogP) is 4.62. The third-order valence-electron chi connectivity index (χ3n) is 3.04. The average molecular weight is 274 g/mol. The highest BCUT2D eigenvalue weighted by Crippen LogP contribution is 2.15. The van der Waals surface area contributed by atoms with Crippen molar-refractivity contribution >= 4 is 18.6 Å². The van der Waals surface area contributed by atoms with Crippen LogP contribution in [-0.4, -0.2) is 17.8 Å². The van der Waals surface area contributed by atoms with E-state index in [-0.39, 0.29) is 11.9 Å². The van der Waals surface area contributed by atoms with Gasteiger partial charge < -0.3 is 4.74 Å². The van der Waals surface area contributed by atoms with Gasteiger partial charge in [0, 0.05) is 5.25 Å². The van der Waals surface area contributed by atoms with Crippen molar-refractivity contribution in [1.29, 1.82) is 0 Å². The summed E-state index contributed by atoms with van der Waals surface area (Å²) in [7, 11) is 0. The maximum Gasteiger partial charge on any atom is 0.308 e. The Kier molecular flexibility index (Phi) is 11.8. The van der Waals surface area contributed by atoms with E-state index in [1.807, 2.05) is 13.8 Å². The Bertz CT molecular complexity index is 205. The van der Waals surface area contributed by atoms with Crippen molar-refractivity contribution in [3.05, 3.63) is 0 Å². The number of carbonyl (C=O) groups is 1. The normalized spacial score (nSPS) is 12.7. The smallest absolute Gasteiger partial charge is 0.308 e. The summed E-state index contributed by atoms with van der Waals surface area (Å²) in [5.41, 5.74) is 0. The Morgan fingerprint density at radius 3 is 2.22 bits per heavy atom. The molecule has 108 valence electrons. The summed E-state index contributed by atoms with van der Waals surface area (Å²) >= 11 is 4.60. The number of hydrogen-bond donors (Lipinski definition) is 1. The molecule has 0 rings (SSSR count). The van der Waals surface area contributed by atoms with Gasteiger partial charge in [-0.25, -0.2) is 0 Å². The molecule has 0 aliphatic carbocycles. The molecule has 2 nitrogen and oxygen atoms in total. The fraction of sp³-hybridized carbons (Fsp3) is 0.933. The summed E-state index contributed by atoms with van der Waals surface area (Å²) in [6.45, 7) is 6.53. The zero-order chi connectivity index (χ0) is 13.8. The molecule has 3 heteroatoms. The molecule has 1 unspecified atom stereocenters. The van der Waals surface area contributed by atoms with Crippen LogP contribution in [0.3, 0.4) is 0 Å². The van der Waals surface area contributed by atoms with Gasteiger partial charge in [-0.15, -0.1) is 0 Å². The second-order valence-corrected chi connectivity index (χ2v) is 6.05. The Hall–Kier alpha value is -0.180. The largest absolute Gasteiger partial charge is 0.465 e. The first kappa shape index (κ1) is 17.8. The highest BCUT2D eigenvalue weighted by Gasteiger charge is 2.07. The van der Waals surface area contributed by atoms with Gasteiger partial charge in [-0.2, -0.15) is 12.6 Å². The highest BCUT2D eigenvalue weighted by atomic mass is 32.1. The predicted molar refractivity (Wildman–Crippen MR) is 81.2 cm³/mol. The molecule has 0 amide bonds. The van der Waals surface area contributed by atoms with Crippen LogP contribution in [0, 0.1) is 5.92 Å². The van der Waals surface area contributed by atoms with Crippen molar-refractivity contribution in [2.45, 2.75) is 77.4 Å². The van der Waals surface area contributed by atoms with E-state index >= 15 is 0 Å². The first-order chi connectivity index (χ1) is 8.57. The molecule has 0 heterocycles. The van der Waals surface area contributed by atoms with Gasteiger partial charge in [-0.1, -0.05) is 52.9 Å². The zero-order valence-corrected chi connectivity index (χ0v) is 13.2. The summed E-state index contributed by atoms with van der Waals surface area (Å²) in [6.07, 6.45) is 9.63. The first-order valence-electron chi connectivity index (χ1n) is 7.42. The minimum absolute atomic E-state index is 0.00890. The van der Waals surface area contributed by atoms with Gasteiger partial charge in [0.15, 0.2) is 0 Å². The summed E-state index contributed by atoms with van der Waals surface area (Å²) in [4.78, 5) is 11.2. The number of esters is 1. The van der Waals surface area contributed by atoms with Crippen molar-refractivity contribution in [3.8, 4) is 0 Å². The molecule has 0 aromatic heterocycles. The first-order valence-corrected chi connectivity index (χ1v) is 7.94. The quantitative estimate of drug-likeness (QED) is 0.338. The van der Waals surface area contributed by atoms with Crippen molar-refractivity contribution < 1.29 is 9.53 Å². The summed E-state index contributed by atoms with van der Waals surface area (Å²) < 4.78 is 5.13. The molecule has 0 fully saturated rings. The monoisotopic (exact) mass is 274 g/mol. The standard InChI is InChI=1S/C15H30O2S/c1-4-5-7-10-14(18)11-8-6-9-12-17-15(16)13(2)3/h13-14,18H,4-12H2,1-3H3. The van der Waals surface area contributed by atoms with E-state index in [2.05, 4.69) is 19.6 Å². The van der Waals surface area contributed by atoms with Gasteiger partial charge in [0.05, 0.1) is 12.5 Å². The average Bonchev–Trinajstić information content (AvgIpc) is 2.33. The van der Waals surface area contributed by atoms with Gasteiger partial charge in [0.2, 0.25) is 0 Å². The molecular weight excluding hydrogens is 244 g/mol. The molecule has 0 saturated carbocycles. The SMILES string of the molecule is CCCCCC(S)CCCCCOC(=O)C(C)C. The van der Waals surface area contributed by atoms with Crippen LogP contribution in [0.15, 0.2) is 0 Å². The topological polar surface area (TPSA) is 26.3 Å². The maximum atomic E-state index is 11.2. The number of ether oxygens (including phenoxy) is 1. The van der Waals surface area contributed by atoms with Gasteiger partial charge >= 0.3 is 5.97 Å². The summed E-state index contributed by atoms with van der Waals surface area (Å²) in [6, 6.07) is 0. The molecule has 0 aliphatic rings. The molecular formula is C15H30O2S. The molecule has 0 bridgehead atoms. The molecule has 0 N–H and O–H groups in total. The van der Waals surface area contributed by atoms with Gasteiger partial charge in [-0.05, 0) is 19.3 Å². The molecule has 0 aliphatic heterocycles. The van der Waals surface area contributed by atoms with Crippen molar-refractivity contribution in [2.75, 3.05) is 6.61 Å². The fourth-order valence-electron chi connectivity index (χ4n) is 1.77. The van der Waals surface area contributed by atoms with Crippen LogP contribution in [0.25, 0.3) is 0 Å². The van der Waals surface area contributed by atoms with E-state index in [0.29, 0.717) is 11.9 Å². The van der Waals surface area contributed by atoms with Gasteiger partial charge in [0.1, 0.15) is 0 Å². The van der Waals surface area contributed by atoms with Crippen LogP contribution in [0.2, 0.25) is 0 Å². The second-order valence-electron chi connectivity index (χ2n) is 5.32. The van der Waals surface area contributed by atoms with E-state index in [4.69, 9.17) is 4.74 Å². The lowest BCUT2D eigenvalue weighted by Gasteiger charge is -2.10. The molecule has 1 atom stereocenters. The minimum atomic E-state index is -0.0818. The molecule has 0 spiro atoms. The summed E-state index contributed by atoms with van der Waals surface area (Å²) in [5, 5.41) is 0.551. The lowest BCUT2D eigenvalue weighted by molar-refractivity contribution is -0.147. The molecule has 0 saturated heterocycles. The number of carbonyl (C=O) groups excluding carboxylic acids is 1. The zero-order valence-electron chi connectivity index (χ0n) is 12.3. The van der Waals surface area contributed by atoms with Crippen LogP contribution >= 0.6 is 12.6 Å². The van der Waals surface area contributed by atoms with Crippen LogP contribution < -0.4 is 0 Å². The third-order valence-corrected chi connectivity index (χ3v) is 3.55. The Balaban J connectivity index is 3.27. The van der Waals surface area contributed by atoms with Crippen molar-refractivity contribution in [1.82, 2.24) is 0 Å². The Labute approximate surface area is 118 Å². The van der Waals surface area contributed by atoms with Crippen molar-refractivity contribution in [3.63, 3.8) is 0 Å². The molecule has 18 heavy (non-hydrogen) atoms. The number of unbranched alkanes of at least 4 members (excludes halogenated alkanes) is 4. The van der Waals surface area contributed by atoms with Crippen LogP contribution in [-0.2, 0) is 9.53 Å². The van der Waals surface area contributed by atoms with Crippen LogP contribution in [0.4, 0.5) is 0 Å². The lowest BCUT2D eigenvalue weighted by atomic mass is 10.1. The van der Waals surface area contributed by atoms with Crippen molar-refractivity contribution in [2.24, 2.45) is 5.92 Å². The third kappa shape index (κ3) is 10.9. The van der Waals surface area contributed by atoms with E-state index in [0.717, 1.165) is 12.8 Å². The van der Waals surface area contributed by atoms with E-state index in [1.54, 1.807) is 0 Å². The van der Waals surface area contributed by atoms with E-state index in [1.165, 1.54) is 38.5 Å². The van der Waals surface area contributed by atoms with Gasteiger partial charge in [-0.3, -0.25) is 4.79 Å². The highest BCUT2D eigenvalue weighted by molar-refractivity contribution is 7.80. The molecule has 0 radical (unpaired) electrons.